The number of benzene rings is 1. The molecule has 1 aliphatic heterocycles. The molecule has 4 rings (SSSR count). The van der Waals surface area contributed by atoms with Crippen molar-refractivity contribution in [2.45, 2.75) is 103 Å². The van der Waals surface area contributed by atoms with E-state index in [1.807, 2.05) is 0 Å². The van der Waals surface area contributed by atoms with Crippen molar-refractivity contribution in [3.63, 3.8) is 0 Å². The molecule has 10 N–H and O–H groups in total. The van der Waals surface area contributed by atoms with Gasteiger partial charge < -0.3 is 47.6 Å². The fourth-order valence-electron chi connectivity index (χ4n) is 6.66. The van der Waals surface area contributed by atoms with Crippen molar-refractivity contribution in [1.82, 2.24) is 36.1 Å². The molecule has 0 radical (unpaired) electrons. The number of H-pyrrole nitrogens is 1. The van der Waals surface area contributed by atoms with E-state index >= 15 is 4.79 Å². The first kappa shape index (κ1) is 47.7. The Morgan fingerprint density at radius 1 is 1.03 bits per heavy atom. The van der Waals surface area contributed by atoms with Gasteiger partial charge >= 0.3 is 0 Å². The van der Waals surface area contributed by atoms with Crippen LogP contribution in [0, 0.1) is 11.8 Å². The minimum absolute atomic E-state index is 0.0655. The van der Waals surface area contributed by atoms with Gasteiger partial charge in [0.05, 0.1) is 24.4 Å². The van der Waals surface area contributed by atoms with E-state index in [1.54, 1.807) is 45.3 Å². The first-order valence-corrected chi connectivity index (χ1v) is 20.9. The topological polar surface area (TPSA) is 298 Å². The Bertz CT molecular complexity index is 2150. The number of aromatic hydroxyl groups is 1. The fourth-order valence-corrected chi connectivity index (χ4v) is 7.48. The molecule has 20 heteroatoms. The van der Waals surface area contributed by atoms with E-state index in [1.165, 1.54) is 32.2 Å². The van der Waals surface area contributed by atoms with Crippen LogP contribution in [0.15, 0.2) is 35.9 Å². The predicted octanol–water partition coefficient (Wildman–Crippen LogP) is 0.855. The highest BCUT2D eigenvalue weighted by Gasteiger charge is 2.43. The van der Waals surface area contributed by atoms with Crippen molar-refractivity contribution in [3.05, 3.63) is 52.1 Å². The number of phenolic OH excluding ortho intramolecular Hbond substituents is 1. The molecule has 1 aliphatic rings. The van der Waals surface area contributed by atoms with Crippen LogP contribution in [0.5, 0.6) is 5.75 Å². The molecule has 0 saturated heterocycles. The molecule has 0 fully saturated rings. The molecule has 0 aliphatic carbocycles. The first-order valence-electron chi connectivity index (χ1n) is 20.0. The highest BCUT2D eigenvalue weighted by molar-refractivity contribution is 7.09. The van der Waals surface area contributed by atoms with Crippen LogP contribution in [0.25, 0.3) is 17.0 Å². The van der Waals surface area contributed by atoms with Crippen molar-refractivity contribution in [2.24, 2.45) is 23.3 Å². The summed E-state index contributed by atoms with van der Waals surface area (Å²) < 4.78 is 5.30. The van der Waals surface area contributed by atoms with E-state index in [2.05, 4.69) is 31.2 Å². The summed E-state index contributed by atoms with van der Waals surface area (Å²) in [5.74, 6) is -8.81. The number of ether oxygens (including phenoxy) is 1. The maximum atomic E-state index is 15.1. The highest BCUT2D eigenvalue weighted by Crippen LogP contribution is 2.26. The molecule has 3 heterocycles. The normalized spacial score (nSPS) is 21.9. The maximum absolute atomic E-state index is 15.1. The molecule has 3 aromatic rings. The Hall–Kier alpha value is -5.99. The summed E-state index contributed by atoms with van der Waals surface area (Å²) in [5.41, 5.74) is 12.7. The van der Waals surface area contributed by atoms with E-state index in [9.17, 15) is 38.7 Å². The Balaban J connectivity index is 1.90. The number of fused-ring (bicyclic) bond motifs is 3. The summed E-state index contributed by atoms with van der Waals surface area (Å²) in [4.78, 5) is 119. The number of rotatable bonds is 14. The molecular formula is C41H55N9O10S. The quantitative estimate of drug-likeness (QED) is 0.105. The van der Waals surface area contributed by atoms with Gasteiger partial charge in [-0.05, 0) is 55.0 Å². The smallest absolute Gasteiger partial charge is 0.290 e. The number of carbonyl (C=O) groups excluding carboxylic acids is 8. The van der Waals surface area contributed by atoms with Crippen LogP contribution in [0.3, 0.4) is 0 Å². The monoisotopic (exact) mass is 865 g/mol. The molecule has 8 atom stereocenters. The number of thiazole rings is 1. The van der Waals surface area contributed by atoms with E-state index in [0.717, 1.165) is 17.4 Å². The number of hydrogen-bond acceptors (Lipinski definition) is 13. The summed E-state index contributed by atoms with van der Waals surface area (Å²) in [6.45, 7) is 7.94. The Kier molecular flexibility index (Phi) is 16.8. The third-order valence-corrected chi connectivity index (χ3v) is 11.7. The second kappa shape index (κ2) is 21.5. The van der Waals surface area contributed by atoms with Gasteiger partial charge in [0.25, 0.3) is 17.7 Å². The molecule has 7 amide bonds. The number of methoxy groups -OCH3 is 1. The van der Waals surface area contributed by atoms with Crippen LogP contribution in [-0.2, 0) is 49.5 Å². The van der Waals surface area contributed by atoms with E-state index in [4.69, 9.17) is 16.2 Å². The Labute approximate surface area is 356 Å². The third kappa shape index (κ3) is 12.1. The number of ketones is 1. The lowest BCUT2D eigenvalue weighted by molar-refractivity contribution is -0.156. The summed E-state index contributed by atoms with van der Waals surface area (Å²) in [5, 5.41) is 23.3. The third-order valence-electron chi connectivity index (χ3n) is 10.7. The molecule has 19 nitrogen and oxygen atoms in total. The molecule has 330 valence electrons. The molecule has 1 unspecified atom stereocenters. The molecule has 2 bridgehead atoms. The largest absolute Gasteiger partial charge is 0.508 e. The van der Waals surface area contributed by atoms with Crippen LogP contribution in [0.4, 0.5) is 0 Å². The SMILES string of the molecule is CC[C@H](C)[C@@H]1NC(=O)[C@H](C)N(C(=O)[C@@H](NC(=O)[C@@H](N)CCC(N)=O)[C@@H](C)CC)C(=O)C(Cc2c[nH]c3ccc(O)cc23)NC(=O)/C=C\c2csc(n2)[C@H](COC)NC(=O)C1=O. The van der Waals surface area contributed by atoms with Crippen LogP contribution >= 0.6 is 11.3 Å². The number of carbonyl (C=O) groups is 8. The standard InChI is InChI=1S/C41H55N9O10S/c1-7-20(3)33-35(54)38(57)47-30(18-60-6)39-45-24(19-61-39)9-14-32(53)46-29(15-23-17-44-28-12-10-25(51)16-26(23)28)40(58)50(22(5)36(55)48-33)41(59)34(21(4)8-2)49-37(56)27(42)11-13-31(43)52/h9-10,12,14,16-17,19-22,27,29-30,33-34,44,51H,7-8,11,13,15,18,42H2,1-6H3,(H2,43,52)(H,46,53)(H,47,57)(H,48,55)(H,49,56)/b14-9-/t20-,21-,22-,27-,29?,30-,33-,34-/m0/s1. The van der Waals surface area contributed by atoms with Crippen molar-refractivity contribution in [2.75, 3.05) is 13.7 Å². The highest BCUT2D eigenvalue weighted by atomic mass is 32.1. The Morgan fingerprint density at radius 2 is 1.75 bits per heavy atom. The van der Waals surface area contributed by atoms with Gasteiger partial charge in [0, 0.05) is 48.5 Å². The average molecular weight is 866 g/mol. The van der Waals surface area contributed by atoms with Gasteiger partial charge in [-0.2, -0.15) is 0 Å². The Morgan fingerprint density at radius 3 is 2.41 bits per heavy atom. The van der Waals surface area contributed by atoms with Gasteiger partial charge in [0.15, 0.2) is 0 Å². The van der Waals surface area contributed by atoms with Gasteiger partial charge in [-0.1, -0.05) is 40.5 Å². The van der Waals surface area contributed by atoms with Crippen LogP contribution in [0.2, 0.25) is 0 Å². The number of aromatic nitrogens is 2. The van der Waals surface area contributed by atoms with E-state index in [-0.39, 0.29) is 31.6 Å². The minimum atomic E-state index is -1.71. The number of aromatic amines is 1. The zero-order valence-corrected chi connectivity index (χ0v) is 35.8. The van der Waals surface area contributed by atoms with E-state index < -0.39 is 95.2 Å². The maximum Gasteiger partial charge on any atom is 0.290 e. The number of amides is 7. The van der Waals surface area contributed by atoms with Crippen LogP contribution in [0.1, 0.15) is 82.6 Å². The lowest BCUT2D eigenvalue weighted by Gasteiger charge is -2.36. The van der Waals surface area contributed by atoms with Crippen molar-refractivity contribution >= 4 is 75.4 Å². The van der Waals surface area contributed by atoms with Gasteiger partial charge in [-0.25, -0.2) is 4.98 Å². The molecule has 61 heavy (non-hydrogen) atoms. The summed E-state index contributed by atoms with van der Waals surface area (Å²) in [6, 6.07) is -3.77. The predicted molar refractivity (Wildman–Crippen MR) is 225 cm³/mol. The first-order chi connectivity index (χ1) is 28.9. The van der Waals surface area contributed by atoms with Crippen molar-refractivity contribution < 1.29 is 48.2 Å². The number of Topliss-reactive ketones (excluding diaryl/α,β-unsaturated/α-hetero) is 1. The second-order valence-corrected chi connectivity index (χ2v) is 16.1. The zero-order valence-electron chi connectivity index (χ0n) is 35.0. The van der Waals surface area contributed by atoms with Crippen LogP contribution < -0.4 is 32.7 Å². The second-order valence-electron chi connectivity index (χ2n) is 15.2. The lowest BCUT2D eigenvalue weighted by Crippen LogP contribution is -2.64. The number of hydrogen-bond donors (Lipinski definition) is 8. The lowest BCUT2D eigenvalue weighted by atomic mass is 9.93. The molecule has 1 aromatic carbocycles. The minimum Gasteiger partial charge on any atom is -0.508 e. The van der Waals surface area contributed by atoms with Gasteiger partial charge in [-0.3, -0.25) is 43.3 Å². The number of primary amides is 1. The van der Waals surface area contributed by atoms with Gasteiger partial charge in [0.1, 0.15) is 34.9 Å². The number of imide groups is 1. The molecule has 0 saturated carbocycles. The fraction of sp³-hybridized carbons (Fsp3) is 0.488. The molecule has 2 aromatic heterocycles. The molecular weight excluding hydrogens is 811 g/mol. The van der Waals surface area contributed by atoms with Crippen molar-refractivity contribution in [3.8, 4) is 5.75 Å². The summed E-state index contributed by atoms with van der Waals surface area (Å²) >= 11 is 1.14. The van der Waals surface area contributed by atoms with Gasteiger partial charge in [-0.15, -0.1) is 11.3 Å². The van der Waals surface area contributed by atoms with Crippen LogP contribution in [-0.4, -0.2) is 111 Å². The van der Waals surface area contributed by atoms with Crippen molar-refractivity contribution in [1.29, 1.82) is 0 Å². The summed E-state index contributed by atoms with van der Waals surface area (Å²) in [7, 11) is 1.40. The average Bonchev–Trinajstić information content (AvgIpc) is 3.88. The zero-order chi connectivity index (χ0) is 45.1. The number of nitrogens with one attached hydrogen (secondary N) is 5. The number of nitrogens with two attached hydrogens (primary N) is 2. The summed E-state index contributed by atoms with van der Waals surface area (Å²) in [6.07, 6.45) is 4.07. The number of phenols is 1. The molecule has 0 spiro atoms. The van der Waals surface area contributed by atoms with Gasteiger partial charge in [0.2, 0.25) is 29.4 Å². The number of nitrogens with zero attached hydrogens (tertiary/aromatic N) is 2. The van der Waals surface area contributed by atoms with E-state index in [0.29, 0.717) is 44.9 Å².